The van der Waals surface area contributed by atoms with E-state index < -0.39 is 0 Å². The van der Waals surface area contributed by atoms with Gasteiger partial charge < -0.3 is 5.32 Å². The second-order valence-corrected chi connectivity index (χ2v) is 8.34. The molecule has 6 heteroatoms. The first kappa shape index (κ1) is 16.8. The van der Waals surface area contributed by atoms with Crippen LogP contribution >= 0.6 is 22.9 Å². The molecule has 1 aromatic carbocycles. The number of benzene rings is 1. The number of halogens is 1. The number of anilines is 1. The van der Waals surface area contributed by atoms with Crippen LogP contribution in [-0.4, -0.2) is 34.0 Å². The van der Waals surface area contributed by atoms with Gasteiger partial charge in [0.25, 0.3) is 0 Å². The molecule has 0 bridgehead atoms. The molecule has 4 nitrogen and oxygen atoms in total. The highest BCUT2D eigenvalue weighted by Gasteiger charge is 2.20. The molecule has 1 N–H and O–H groups in total. The van der Waals surface area contributed by atoms with Crippen LogP contribution in [0.4, 0.5) is 5.82 Å². The van der Waals surface area contributed by atoms with Crippen molar-refractivity contribution in [3.8, 4) is 0 Å². The fraction of sp³-hybridized carbons (Fsp3) is 0.368. The number of likely N-dealkylation sites (tertiary alicyclic amines) is 1. The van der Waals surface area contributed by atoms with Gasteiger partial charge in [0.2, 0.25) is 0 Å². The van der Waals surface area contributed by atoms with Gasteiger partial charge in [0.05, 0.1) is 9.72 Å². The highest BCUT2D eigenvalue weighted by molar-refractivity contribution is 7.22. The molecule has 0 amide bonds. The second-order valence-electron chi connectivity index (χ2n) is 6.68. The smallest absolute Gasteiger partial charge is 0.138 e. The molecule has 1 saturated heterocycles. The van der Waals surface area contributed by atoms with Gasteiger partial charge in [0, 0.05) is 25.7 Å². The lowest BCUT2D eigenvalue weighted by Crippen LogP contribution is -2.38. The summed E-state index contributed by atoms with van der Waals surface area (Å²) in [4.78, 5) is 12.2. The van der Waals surface area contributed by atoms with E-state index in [-0.39, 0.29) is 0 Å². The quantitative estimate of drug-likeness (QED) is 0.718. The monoisotopic (exact) mass is 372 g/mol. The number of rotatable bonds is 4. The maximum Gasteiger partial charge on any atom is 0.138 e. The number of aromatic nitrogens is 2. The molecular formula is C19H21ClN4S. The van der Waals surface area contributed by atoms with Crippen molar-refractivity contribution in [2.45, 2.75) is 32.4 Å². The van der Waals surface area contributed by atoms with Crippen molar-refractivity contribution in [2.75, 3.05) is 18.4 Å². The number of fused-ring (bicyclic) bond motifs is 1. The second kappa shape index (κ2) is 7.28. The van der Waals surface area contributed by atoms with Gasteiger partial charge in [-0.3, -0.25) is 4.90 Å². The predicted molar refractivity (Wildman–Crippen MR) is 106 cm³/mol. The van der Waals surface area contributed by atoms with E-state index in [1.54, 1.807) is 6.33 Å². The first-order valence-electron chi connectivity index (χ1n) is 8.62. The molecular weight excluding hydrogens is 352 g/mol. The Bertz CT molecular complexity index is 871. The van der Waals surface area contributed by atoms with Crippen LogP contribution in [0.3, 0.4) is 0 Å². The van der Waals surface area contributed by atoms with Crippen molar-refractivity contribution < 1.29 is 0 Å². The third kappa shape index (κ3) is 3.94. The van der Waals surface area contributed by atoms with Gasteiger partial charge in [0.15, 0.2) is 0 Å². The highest BCUT2D eigenvalue weighted by Crippen LogP contribution is 2.32. The zero-order valence-corrected chi connectivity index (χ0v) is 15.8. The van der Waals surface area contributed by atoms with E-state index in [9.17, 15) is 0 Å². The Balaban J connectivity index is 1.37. The molecule has 0 saturated carbocycles. The summed E-state index contributed by atoms with van der Waals surface area (Å²) in [5.41, 5.74) is 2.73. The standard InChI is InChI=1S/C19H21ClN4S/c1-13-3-2-4-14(9-13)11-24-7-5-15(6-8-24)23-18-16-10-17(20)25-19(16)22-12-21-18/h2-4,9-10,12,15H,5-8,11H2,1H3,(H,21,22,23). The van der Waals surface area contributed by atoms with Crippen LogP contribution in [0.25, 0.3) is 10.2 Å². The van der Waals surface area contributed by atoms with E-state index in [1.165, 1.54) is 22.5 Å². The Hall–Kier alpha value is -1.69. The number of hydrogen-bond acceptors (Lipinski definition) is 5. The lowest BCUT2D eigenvalue weighted by Gasteiger charge is -2.32. The molecule has 1 fully saturated rings. The summed E-state index contributed by atoms with van der Waals surface area (Å²) in [6.45, 7) is 5.39. The van der Waals surface area contributed by atoms with Gasteiger partial charge in [-0.25, -0.2) is 9.97 Å². The van der Waals surface area contributed by atoms with E-state index in [2.05, 4.69) is 51.4 Å². The van der Waals surface area contributed by atoms with Crippen molar-refractivity contribution >= 4 is 39.0 Å². The molecule has 3 heterocycles. The van der Waals surface area contributed by atoms with E-state index >= 15 is 0 Å². The summed E-state index contributed by atoms with van der Waals surface area (Å²) in [6.07, 6.45) is 3.86. The zero-order chi connectivity index (χ0) is 17.2. The molecule has 1 aliphatic heterocycles. The van der Waals surface area contributed by atoms with Gasteiger partial charge in [-0.05, 0) is 31.4 Å². The van der Waals surface area contributed by atoms with Gasteiger partial charge in [0.1, 0.15) is 17.0 Å². The van der Waals surface area contributed by atoms with Crippen molar-refractivity contribution in [2.24, 2.45) is 0 Å². The van der Waals surface area contributed by atoms with Gasteiger partial charge in [-0.15, -0.1) is 11.3 Å². The molecule has 1 aliphatic rings. The minimum atomic E-state index is 0.450. The van der Waals surface area contributed by atoms with Crippen LogP contribution in [0.1, 0.15) is 24.0 Å². The van der Waals surface area contributed by atoms with Crippen LogP contribution < -0.4 is 5.32 Å². The molecule has 4 rings (SSSR count). The first-order chi connectivity index (χ1) is 12.2. The number of thiophene rings is 1. The topological polar surface area (TPSA) is 41.0 Å². The third-order valence-corrected chi connectivity index (χ3v) is 5.89. The molecule has 0 aliphatic carbocycles. The summed E-state index contributed by atoms with van der Waals surface area (Å²) >= 11 is 7.62. The fourth-order valence-corrected chi connectivity index (χ4v) is 4.49. The number of piperidine rings is 1. The Kier molecular flexibility index (Phi) is 4.88. The first-order valence-corrected chi connectivity index (χ1v) is 9.81. The molecule has 25 heavy (non-hydrogen) atoms. The van der Waals surface area contributed by atoms with E-state index in [0.717, 1.165) is 52.8 Å². The molecule has 2 aromatic heterocycles. The van der Waals surface area contributed by atoms with Crippen molar-refractivity contribution in [1.82, 2.24) is 14.9 Å². The Morgan fingerprint density at radius 2 is 2.08 bits per heavy atom. The molecule has 0 spiro atoms. The SMILES string of the molecule is Cc1cccc(CN2CCC(Nc3ncnc4sc(Cl)cc34)CC2)c1. The van der Waals surface area contributed by atoms with Gasteiger partial charge in [-0.1, -0.05) is 41.4 Å². The highest BCUT2D eigenvalue weighted by atomic mass is 35.5. The average Bonchev–Trinajstić information content (AvgIpc) is 2.98. The molecule has 130 valence electrons. The summed E-state index contributed by atoms with van der Waals surface area (Å²) in [5, 5.41) is 4.63. The van der Waals surface area contributed by atoms with Crippen molar-refractivity contribution in [1.29, 1.82) is 0 Å². The number of nitrogens with one attached hydrogen (secondary N) is 1. The lowest BCUT2D eigenvalue weighted by molar-refractivity contribution is 0.211. The average molecular weight is 373 g/mol. The minimum absolute atomic E-state index is 0.450. The third-order valence-electron chi connectivity index (χ3n) is 4.72. The Morgan fingerprint density at radius 3 is 2.88 bits per heavy atom. The van der Waals surface area contributed by atoms with Crippen LogP contribution in [-0.2, 0) is 6.54 Å². The van der Waals surface area contributed by atoms with Crippen molar-refractivity contribution in [3.05, 3.63) is 52.1 Å². The summed E-state index contributed by atoms with van der Waals surface area (Å²) < 4.78 is 0.756. The molecule has 0 radical (unpaired) electrons. The van der Waals surface area contributed by atoms with E-state index in [0.29, 0.717) is 6.04 Å². The fourth-order valence-electron chi connectivity index (χ4n) is 3.44. The van der Waals surface area contributed by atoms with Crippen LogP contribution in [0.2, 0.25) is 4.34 Å². The normalized spacial score (nSPS) is 16.4. The van der Waals surface area contributed by atoms with Crippen molar-refractivity contribution in [3.63, 3.8) is 0 Å². The Morgan fingerprint density at radius 1 is 1.24 bits per heavy atom. The maximum absolute atomic E-state index is 6.12. The number of hydrogen-bond donors (Lipinski definition) is 1. The largest absolute Gasteiger partial charge is 0.367 e. The van der Waals surface area contributed by atoms with Crippen LogP contribution in [0.5, 0.6) is 0 Å². The van der Waals surface area contributed by atoms with Crippen LogP contribution in [0, 0.1) is 6.92 Å². The Labute approximate surface area is 156 Å². The van der Waals surface area contributed by atoms with Gasteiger partial charge in [-0.2, -0.15) is 0 Å². The minimum Gasteiger partial charge on any atom is -0.367 e. The number of aryl methyl sites for hydroxylation is 1. The van der Waals surface area contributed by atoms with Gasteiger partial charge >= 0.3 is 0 Å². The summed E-state index contributed by atoms with van der Waals surface area (Å²) in [7, 11) is 0. The predicted octanol–water partition coefficient (Wildman–Crippen LogP) is 4.73. The molecule has 0 atom stereocenters. The summed E-state index contributed by atoms with van der Waals surface area (Å²) in [5.74, 6) is 0.908. The number of nitrogens with zero attached hydrogens (tertiary/aromatic N) is 3. The molecule has 3 aromatic rings. The summed E-state index contributed by atoms with van der Waals surface area (Å²) in [6, 6.07) is 11.2. The van der Waals surface area contributed by atoms with Crippen LogP contribution in [0.15, 0.2) is 36.7 Å². The zero-order valence-electron chi connectivity index (χ0n) is 14.2. The lowest BCUT2D eigenvalue weighted by atomic mass is 10.0. The van der Waals surface area contributed by atoms with E-state index in [1.807, 2.05) is 6.07 Å². The molecule has 0 unspecified atom stereocenters. The van der Waals surface area contributed by atoms with E-state index in [4.69, 9.17) is 11.6 Å². The maximum atomic E-state index is 6.12.